The molecule has 1 fully saturated rings. The van der Waals surface area contributed by atoms with Gasteiger partial charge in [0.05, 0.1) is 82.3 Å². The molecule has 0 radical (unpaired) electrons. The molecule has 2 aromatic carbocycles. The second-order valence-electron chi connectivity index (χ2n) is 17.0. The van der Waals surface area contributed by atoms with Crippen molar-refractivity contribution >= 4 is 64.9 Å². The fourth-order valence-electron chi connectivity index (χ4n) is 6.57. The Morgan fingerprint density at radius 2 is 1.27 bits per heavy atom. The maximum Gasteiger partial charge on any atom is 0.408 e. The molecule has 0 aliphatic carbocycles. The number of carboxylic acid groups (broad SMARTS) is 1. The first-order valence-electron chi connectivity index (χ1n) is 22.6. The predicted octanol–water partition coefficient (Wildman–Crippen LogP) is 5.65. The van der Waals surface area contributed by atoms with E-state index < -0.39 is 76.0 Å². The third-order valence-corrected chi connectivity index (χ3v) is 12.5. The number of carbonyl (C=O) groups is 5. The van der Waals surface area contributed by atoms with Gasteiger partial charge in [-0.25, -0.2) is 9.59 Å². The lowest BCUT2D eigenvalue weighted by atomic mass is 9.96. The summed E-state index contributed by atoms with van der Waals surface area (Å²) < 4.78 is 52.2. The summed E-state index contributed by atoms with van der Waals surface area (Å²) >= 11 is 2.52. The van der Waals surface area contributed by atoms with Gasteiger partial charge in [0.2, 0.25) is 0 Å². The first-order chi connectivity index (χ1) is 34.4. The quantitative estimate of drug-likeness (QED) is 0.0263. The molecule has 25 nitrogen and oxygen atoms in total. The average Bonchev–Trinajstić information content (AvgIpc) is 3.33. The fourth-order valence-corrected chi connectivity index (χ4v) is 8.65. The summed E-state index contributed by atoms with van der Waals surface area (Å²) in [5.41, 5.74) is -0.421. The van der Waals surface area contributed by atoms with Crippen molar-refractivity contribution < 1.29 is 96.5 Å². The molecule has 7 atom stereocenters. The summed E-state index contributed by atoms with van der Waals surface area (Å²) in [7, 11) is 6.72. The van der Waals surface area contributed by atoms with Crippen LogP contribution in [0.25, 0.3) is 0 Å². The minimum absolute atomic E-state index is 0. The lowest BCUT2D eigenvalue weighted by Gasteiger charge is -2.40. The number of carboxylic acids is 1. The third kappa shape index (κ3) is 22.3. The average molecular weight is 1090 g/mol. The van der Waals surface area contributed by atoms with E-state index in [1.165, 1.54) is 71.6 Å². The molecule has 0 bridgehead atoms. The van der Waals surface area contributed by atoms with Crippen LogP contribution in [-0.2, 0) is 59.1 Å². The van der Waals surface area contributed by atoms with Gasteiger partial charge in [-0.15, -0.1) is 0 Å². The van der Waals surface area contributed by atoms with Gasteiger partial charge in [-0.2, -0.15) is 23.5 Å². The number of esters is 3. The molecule has 74 heavy (non-hydrogen) atoms. The first-order valence-corrected chi connectivity index (χ1v) is 24.9. The minimum Gasteiger partial charge on any atom is -0.493 e. The van der Waals surface area contributed by atoms with Crippen LogP contribution in [0.2, 0.25) is 0 Å². The fraction of sp³-hybridized carbons (Fsp3) is 0.638. The number of nitrogens with zero attached hydrogens (tertiary/aromatic N) is 2. The van der Waals surface area contributed by atoms with Crippen LogP contribution in [0.15, 0.2) is 24.3 Å². The number of nitrogens with one attached hydrogen (secondary N) is 1. The molecule has 1 aliphatic heterocycles. The molecule has 0 saturated carbocycles. The monoisotopic (exact) mass is 1090 g/mol. The van der Waals surface area contributed by atoms with Gasteiger partial charge in [-0.3, -0.25) is 34.6 Å². The number of aliphatic hydroxyl groups excluding tert-OH is 2. The molecule has 0 aromatic heterocycles. The number of amides is 1. The topological polar surface area (TPSA) is 337 Å². The normalized spacial score (nSPS) is 17.8. The Labute approximate surface area is 438 Å². The number of nitro benzene ring substituents is 2. The summed E-state index contributed by atoms with van der Waals surface area (Å²) in [4.78, 5) is 80.8. The molecule has 418 valence electrons. The van der Waals surface area contributed by atoms with Crippen molar-refractivity contribution in [3.63, 3.8) is 0 Å². The zero-order valence-electron chi connectivity index (χ0n) is 42.4. The van der Waals surface area contributed by atoms with Crippen LogP contribution in [0.1, 0.15) is 78.9 Å². The molecule has 4 N–H and O–H groups in total. The van der Waals surface area contributed by atoms with Crippen molar-refractivity contribution in [2.45, 2.75) is 121 Å². The van der Waals surface area contributed by atoms with E-state index in [4.69, 9.17) is 52.5 Å². The summed E-state index contributed by atoms with van der Waals surface area (Å²) in [6.07, 6.45) is -5.57. The van der Waals surface area contributed by atoms with Crippen molar-refractivity contribution in [2.75, 3.05) is 66.9 Å². The van der Waals surface area contributed by atoms with E-state index in [0.29, 0.717) is 16.9 Å². The zero-order chi connectivity index (χ0) is 55.0. The van der Waals surface area contributed by atoms with Crippen molar-refractivity contribution in [3.05, 3.63) is 55.6 Å². The van der Waals surface area contributed by atoms with Crippen LogP contribution in [-0.4, -0.2) is 164 Å². The van der Waals surface area contributed by atoms with E-state index in [2.05, 4.69) is 5.32 Å². The summed E-state index contributed by atoms with van der Waals surface area (Å²) in [6.45, 7) is 8.54. The lowest BCUT2D eigenvalue weighted by molar-refractivity contribution is -0.385. The van der Waals surface area contributed by atoms with E-state index in [1.807, 2.05) is 0 Å². The molecule has 1 aliphatic rings. The number of rotatable bonds is 28. The van der Waals surface area contributed by atoms with Crippen LogP contribution in [0, 0.1) is 26.1 Å². The van der Waals surface area contributed by atoms with Crippen molar-refractivity contribution in [1.82, 2.24) is 5.32 Å². The number of benzene rings is 2. The van der Waals surface area contributed by atoms with E-state index in [-0.39, 0.29) is 116 Å². The molecular weight excluding hydrogens is 1020 g/mol. The van der Waals surface area contributed by atoms with Gasteiger partial charge in [-0.1, -0.05) is 14.4 Å². The summed E-state index contributed by atoms with van der Waals surface area (Å²) in [5, 5.41) is 55.0. The standard InChI is InChI=1S/C25H37NO12S.C21H30N2O10S.CH4/c1-14(25(30)35-5)12-39-13-16-9-18(34-4)19(10-17(16)26(31)32)36-8-6-7-21(27)38-24-15(2)37-20(11-33-3)22(28)23(24)29;1-21(2,3)33-20(27)22-14(19(26)31-5)12-34-11-13-9-16(30-4)17(10-15(13)23(28)29)32-8-6-7-18(24)25;/h9-10,14-15,20,22-24,28-29H,6-8,11-13H2,1-5H3;9-10,14H,6-8,11-12H2,1-5H3,(H,22,27)(H,24,25);1H4. The van der Waals surface area contributed by atoms with Gasteiger partial charge in [0.25, 0.3) is 11.4 Å². The van der Waals surface area contributed by atoms with Crippen LogP contribution in [0.3, 0.4) is 0 Å². The van der Waals surface area contributed by atoms with Gasteiger partial charge < -0.3 is 68.0 Å². The maximum atomic E-state index is 12.4. The molecule has 7 unspecified atom stereocenters. The van der Waals surface area contributed by atoms with Crippen LogP contribution >= 0.6 is 23.5 Å². The molecule has 3 rings (SSSR count). The van der Waals surface area contributed by atoms with E-state index in [0.717, 1.165) is 11.8 Å². The molecule has 1 amide bonds. The SMILES string of the molecule is C.COC(=O)C(CSCc1cc(OC)c(OCCCC(=O)O)cc1[N+](=O)[O-])NC(=O)OC(C)(C)C.COCC1OC(C)C(OC(=O)CCCOc2cc([N+](=O)[O-])c(CSCC(C)C(=O)OC)cc2OC)C(O)C1O. The van der Waals surface area contributed by atoms with Gasteiger partial charge in [0.1, 0.15) is 30.0 Å². The Hall–Kier alpha value is -5.87. The van der Waals surface area contributed by atoms with E-state index in [1.54, 1.807) is 34.6 Å². The Morgan fingerprint density at radius 1 is 0.770 bits per heavy atom. The summed E-state index contributed by atoms with van der Waals surface area (Å²) in [6, 6.07) is 4.43. The smallest absolute Gasteiger partial charge is 0.408 e. The highest BCUT2D eigenvalue weighted by molar-refractivity contribution is 7.98. The minimum atomic E-state index is -1.33. The highest BCUT2D eigenvalue weighted by atomic mass is 32.2. The van der Waals surface area contributed by atoms with Crippen molar-refractivity contribution in [1.29, 1.82) is 0 Å². The number of thioether (sulfide) groups is 2. The molecule has 1 saturated heterocycles. The van der Waals surface area contributed by atoms with Gasteiger partial charge in [0.15, 0.2) is 29.1 Å². The second-order valence-corrected chi connectivity index (χ2v) is 19.1. The Kier molecular flexibility index (Phi) is 29.6. The third-order valence-electron chi connectivity index (χ3n) is 10.2. The van der Waals surface area contributed by atoms with Crippen molar-refractivity contribution in [2.24, 2.45) is 5.92 Å². The Balaban J connectivity index is 0.000000737. The van der Waals surface area contributed by atoms with Gasteiger partial charge >= 0.3 is 30.0 Å². The molecule has 1 heterocycles. The number of carbonyl (C=O) groups excluding carboxylic acids is 4. The van der Waals surface area contributed by atoms with Crippen LogP contribution < -0.4 is 24.3 Å². The van der Waals surface area contributed by atoms with Crippen molar-refractivity contribution in [3.8, 4) is 23.0 Å². The Bertz CT molecular complexity index is 2160. The maximum absolute atomic E-state index is 12.4. The number of alkyl carbamates (subject to hydrolysis) is 1. The van der Waals surface area contributed by atoms with E-state index in [9.17, 15) is 54.4 Å². The zero-order valence-corrected chi connectivity index (χ0v) is 44.1. The van der Waals surface area contributed by atoms with Gasteiger partial charge in [0, 0.05) is 54.1 Å². The molecule has 0 spiro atoms. The molecular formula is C47H71N3O22S2. The van der Waals surface area contributed by atoms with Gasteiger partial charge in [-0.05, 0) is 52.7 Å². The number of aliphatic carboxylic acids is 1. The van der Waals surface area contributed by atoms with E-state index >= 15 is 0 Å². The second kappa shape index (κ2) is 33.1. The predicted molar refractivity (Wildman–Crippen MR) is 270 cm³/mol. The molecule has 27 heteroatoms. The highest BCUT2D eigenvalue weighted by Crippen LogP contribution is 2.38. The number of hydrogen-bond donors (Lipinski definition) is 4. The highest BCUT2D eigenvalue weighted by Gasteiger charge is 2.44. The first kappa shape index (κ1) is 66.1. The largest absolute Gasteiger partial charge is 0.493 e. The number of hydrogen-bond acceptors (Lipinski definition) is 23. The number of ether oxygens (including phenoxy) is 10. The summed E-state index contributed by atoms with van der Waals surface area (Å²) in [5.74, 6) is -1.31. The number of aliphatic hydroxyl groups is 2. The van der Waals surface area contributed by atoms with Crippen LogP contribution in [0.5, 0.6) is 23.0 Å². The Morgan fingerprint density at radius 3 is 1.72 bits per heavy atom. The number of nitro groups is 2. The molecule has 2 aromatic rings. The van der Waals surface area contributed by atoms with Crippen LogP contribution in [0.4, 0.5) is 16.2 Å². The lowest BCUT2D eigenvalue weighted by Crippen LogP contribution is -2.59. The number of methoxy groups -OCH3 is 5.